The predicted octanol–water partition coefficient (Wildman–Crippen LogP) is 1.55. The van der Waals surface area contributed by atoms with E-state index in [1.165, 1.54) is 5.69 Å². The summed E-state index contributed by atoms with van der Waals surface area (Å²) in [5.41, 5.74) is 2.28. The molecule has 0 spiro atoms. The first-order chi connectivity index (χ1) is 7.24. The predicted molar refractivity (Wildman–Crippen MR) is 64.9 cm³/mol. The zero-order valence-corrected chi connectivity index (χ0v) is 9.35. The standard InChI is InChI=1S/C12H18N2O/c1-14(2)12-6-4-11(5-7-12)10-13-8-3-9-15/h4-7,10,15H,3,8-9H2,1-2H3. The van der Waals surface area contributed by atoms with E-state index < -0.39 is 0 Å². The van der Waals surface area contributed by atoms with Crippen LogP contribution in [0.5, 0.6) is 0 Å². The van der Waals surface area contributed by atoms with Crippen LogP contribution < -0.4 is 4.90 Å². The van der Waals surface area contributed by atoms with Crippen LogP contribution in [-0.4, -0.2) is 38.6 Å². The summed E-state index contributed by atoms with van der Waals surface area (Å²) in [5.74, 6) is 0. The van der Waals surface area contributed by atoms with Crippen molar-refractivity contribution in [2.75, 3.05) is 32.1 Å². The summed E-state index contributed by atoms with van der Waals surface area (Å²) in [6.45, 7) is 0.892. The molecule has 0 aliphatic carbocycles. The molecule has 82 valence electrons. The molecule has 0 heterocycles. The van der Waals surface area contributed by atoms with Crippen LogP contribution in [0.4, 0.5) is 5.69 Å². The maximum atomic E-state index is 8.58. The summed E-state index contributed by atoms with van der Waals surface area (Å²) < 4.78 is 0. The van der Waals surface area contributed by atoms with Crippen LogP contribution in [0.2, 0.25) is 0 Å². The third-order valence-corrected chi connectivity index (χ3v) is 2.10. The molecule has 0 fully saturated rings. The lowest BCUT2D eigenvalue weighted by Gasteiger charge is -2.11. The molecule has 0 saturated carbocycles. The van der Waals surface area contributed by atoms with E-state index in [2.05, 4.69) is 22.0 Å². The van der Waals surface area contributed by atoms with Gasteiger partial charge in [-0.05, 0) is 24.1 Å². The van der Waals surface area contributed by atoms with E-state index in [-0.39, 0.29) is 6.61 Å². The van der Waals surface area contributed by atoms with Crippen molar-refractivity contribution >= 4 is 11.9 Å². The number of anilines is 1. The van der Waals surface area contributed by atoms with E-state index >= 15 is 0 Å². The maximum absolute atomic E-state index is 8.58. The van der Waals surface area contributed by atoms with E-state index in [0.29, 0.717) is 6.54 Å². The highest BCUT2D eigenvalue weighted by Crippen LogP contribution is 2.10. The molecule has 0 bridgehead atoms. The van der Waals surface area contributed by atoms with Gasteiger partial charge in [-0.3, -0.25) is 4.99 Å². The summed E-state index contributed by atoms with van der Waals surface area (Å²) in [6, 6.07) is 8.20. The second-order valence-electron chi connectivity index (χ2n) is 3.60. The number of benzene rings is 1. The van der Waals surface area contributed by atoms with Crippen LogP contribution >= 0.6 is 0 Å². The van der Waals surface area contributed by atoms with E-state index in [1.54, 1.807) is 0 Å². The molecule has 1 aromatic rings. The van der Waals surface area contributed by atoms with Crippen molar-refractivity contribution in [3.63, 3.8) is 0 Å². The number of aliphatic imine (C=N–C) groups is 1. The lowest BCUT2D eigenvalue weighted by atomic mass is 10.2. The van der Waals surface area contributed by atoms with Gasteiger partial charge in [-0.2, -0.15) is 0 Å². The fourth-order valence-electron chi connectivity index (χ4n) is 1.19. The van der Waals surface area contributed by atoms with Crippen LogP contribution in [0.15, 0.2) is 29.3 Å². The van der Waals surface area contributed by atoms with Crippen LogP contribution in [0.3, 0.4) is 0 Å². The summed E-state index contributed by atoms with van der Waals surface area (Å²) >= 11 is 0. The molecule has 0 aromatic heterocycles. The van der Waals surface area contributed by atoms with Crippen molar-refractivity contribution in [2.24, 2.45) is 4.99 Å². The van der Waals surface area contributed by atoms with Crippen LogP contribution in [0.25, 0.3) is 0 Å². The molecular formula is C12H18N2O. The summed E-state index contributed by atoms with van der Waals surface area (Å²) in [4.78, 5) is 6.27. The molecule has 0 aliphatic rings. The Morgan fingerprint density at radius 3 is 2.47 bits per heavy atom. The summed E-state index contributed by atoms with van der Waals surface area (Å²) in [5, 5.41) is 8.58. The lowest BCUT2D eigenvalue weighted by molar-refractivity contribution is 0.291. The Hall–Kier alpha value is -1.35. The monoisotopic (exact) mass is 206 g/mol. The SMILES string of the molecule is CN(C)c1ccc(C=NCCCO)cc1. The Kier molecular flexibility index (Phi) is 4.84. The van der Waals surface area contributed by atoms with E-state index in [9.17, 15) is 0 Å². The Morgan fingerprint density at radius 1 is 1.27 bits per heavy atom. The van der Waals surface area contributed by atoms with Crippen molar-refractivity contribution in [2.45, 2.75) is 6.42 Å². The minimum atomic E-state index is 0.205. The molecular weight excluding hydrogens is 188 g/mol. The molecule has 1 N–H and O–H groups in total. The fraction of sp³-hybridized carbons (Fsp3) is 0.417. The summed E-state index contributed by atoms with van der Waals surface area (Å²) in [6.07, 6.45) is 2.57. The van der Waals surface area contributed by atoms with E-state index in [1.807, 2.05) is 32.4 Å². The van der Waals surface area contributed by atoms with Crippen LogP contribution in [0.1, 0.15) is 12.0 Å². The fourth-order valence-corrected chi connectivity index (χ4v) is 1.19. The quantitative estimate of drug-likeness (QED) is 0.586. The largest absolute Gasteiger partial charge is 0.396 e. The third-order valence-electron chi connectivity index (χ3n) is 2.10. The van der Waals surface area contributed by atoms with Gasteiger partial charge in [-0.25, -0.2) is 0 Å². The van der Waals surface area contributed by atoms with E-state index in [4.69, 9.17) is 5.11 Å². The van der Waals surface area contributed by atoms with Gasteiger partial charge in [-0.1, -0.05) is 12.1 Å². The maximum Gasteiger partial charge on any atom is 0.0448 e. The molecule has 0 saturated heterocycles. The first kappa shape index (κ1) is 11.7. The van der Waals surface area contributed by atoms with Crippen molar-refractivity contribution in [3.05, 3.63) is 29.8 Å². The topological polar surface area (TPSA) is 35.8 Å². The molecule has 0 amide bonds. The van der Waals surface area contributed by atoms with Crippen LogP contribution in [-0.2, 0) is 0 Å². The summed E-state index contributed by atoms with van der Waals surface area (Å²) in [7, 11) is 4.04. The third kappa shape index (κ3) is 4.13. The Balaban J connectivity index is 2.53. The smallest absolute Gasteiger partial charge is 0.0448 e. The Labute approximate surface area is 91.1 Å². The molecule has 15 heavy (non-hydrogen) atoms. The minimum absolute atomic E-state index is 0.205. The van der Waals surface area contributed by atoms with Crippen molar-refractivity contribution in [3.8, 4) is 0 Å². The number of hydrogen-bond acceptors (Lipinski definition) is 3. The first-order valence-corrected chi connectivity index (χ1v) is 5.12. The molecule has 3 nitrogen and oxygen atoms in total. The van der Waals surface area contributed by atoms with Gasteiger partial charge in [0.25, 0.3) is 0 Å². The molecule has 0 aliphatic heterocycles. The van der Waals surface area contributed by atoms with Gasteiger partial charge in [0.15, 0.2) is 0 Å². The molecule has 1 rings (SSSR count). The zero-order valence-electron chi connectivity index (χ0n) is 9.35. The van der Waals surface area contributed by atoms with Gasteiger partial charge in [0.05, 0.1) is 0 Å². The van der Waals surface area contributed by atoms with Crippen LogP contribution in [0, 0.1) is 0 Å². The second kappa shape index (κ2) is 6.19. The second-order valence-corrected chi connectivity index (χ2v) is 3.60. The molecule has 3 heteroatoms. The van der Waals surface area contributed by atoms with Crippen molar-refractivity contribution in [1.29, 1.82) is 0 Å². The van der Waals surface area contributed by atoms with Gasteiger partial charge in [-0.15, -0.1) is 0 Å². The Morgan fingerprint density at radius 2 is 1.93 bits per heavy atom. The normalized spacial score (nSPS) is 10.9. The van der Waals surface area contributed by atoms with Gasteiger partial charge < -0.3 is 10.0 Å². The number of aliphatic hydroxyl groups excluding tert-OH is 1. The van der Waals surface area contributed by atoms with Gasteiger partial charge in [0.1, 0.15) is 0 Å². The molecule has 0 unspecified atom stereocenters. The van der Waals surface area contributed by atoms with Crippen molar-refractivity contribution < 1.29 is 5.11 Å². The number of hydrogen-bond donors (Lipinski definition) is 1. The highest BCUT2D eigenvalue weighted by molar-refractivity contribution is 5.80. The average Bonchev–Trinajstić information content (AvgIpc) is 2.25. The van der Waals surface area contributed by atoms with Gasteiger partial charge in [0.2, 0.25) is 0 Å². The van der Waals surface area contributed by atoms with E-state index in [0.717, 1.165) is 12.0 Å². The number of aliphatic hydroxyl groups is 1. The lowest BCUT2D eigenvalue weighted by Crippen LogP contribution is -2.08. The highest BCUT2D eigenvalue weighted by atomic mass is 16.3. The molecule has 0 radical (unpaired) electrons. The molecule has 1 aromatic carbocycles. The first-order valence-electron chi connectivity index (χ1n) is 5.12. The zero-order chi connectivity index (χ0) is 11.1. The van der Waals surface area contributed by atoms with Gasteiger partial charge in [0, 0.05) is 39.1 Å². The number of rotatable bonds is 5. The average molecular weight is 206 g/mol. The van der Waals surface area contributed by atoms with Crippen molar-refractivity contribution in [1.82, 2.24) is 0 Å². The minimum Gasteiger partial charge on any atom is -0.396 e. The highest BCUT2D eigenvalue weighted by Gasteiger charge is 1.93. The molecule has 0 atom stereocenters. The Bertz CT molecular complexity index is 304. The van der Waals surface area contributed by atoms with Gasteiger partial charge >= 0.3 is 0 Å². The number of nitrogens with zero attached hydrogens (tertiary/aromatic N) is 2.